The maximum absolute atomic E-state index is 12.2. The fourth-order valence-corrected chi connectivity index (χ4v) is 3.08. The van der Waals surface area contributed by atoms with Gasteiger partial charge in [-0.2, -0.15) is 0 Å². The van der Waals surface area contributed by atoms with E-state index in [1.807, 2.05) is 25.3 Å². The van der Waals surface area contributed by atoms with Gasteiger partial charge in [-0.25, -0.2) is 0 Å². The Kier molecular flexibility index (Phi) is 4.94. The van der Waals surface area contributed by atoms with Crippen LogP contribution in [0.2, 0.25) is 0 Å². The van der Waals surface area contributed by atoms with E-state index in [0.29, 0.717) is 6.54 Å². The number of benzene rings is 2. The summed E-state index contributed by atoms with van der Waals surface area (Å²) in [5, 5.41) is 3.19. The largest absolute Gasteiger partial charge is 0.573 e. The number of hydrogen-bond donors (Lipinski definition) is 1. The molecule has 0 aliphatic carbocycles. The number of hydrogen-bond acceptors (Lipinski definition) is 4. The molecule has 25 heavy (non-hydrogen) atoms. The zero-order valence-electron chi connectivity index (χ0n) is 13.3. The van der Waals surface area contributed by atoms with Gasteiger partial charge in [0.25, 0.3) is 0 Å². The van der Waals surface area contributed by atoms with E-state index in [-0.39, 0.29) is 5.75 Å². The summed E-state index contributed by atoms with van der Waals surface area (Å²) >= 11 is 1.58. The van der Waals surface area contributed by atoms with Gasteiger partial charge in [0.05, 0.1) is 10.4 Å². The molecule has 0 saturated heterocycles. The van der Waals surface area contributed by atoms with E-state index in [1.165, 1.54) is 17.7 Å². The summed E-state index contributed by atoms with van der Waals surface area (Å²) in [4.78, 5) is 5.21. The Morgan fingerprint density at radius 2 is 1.88 bits per heavy atom. The van der Waals surface area contributed by atoms with Crippen molar-refractivity contribution in [2.75, 3.05) is 5.32 Å². The van der Waals surface area contributed by atoms with Gasteiger partial charge < -0.3 is 10.1 Å². The van der Waals surface area contributed by atoms with Gasteiger partial charge in [-0.05, 0) is 53.9 Å². The molecule has 0 atom stereocenters. The van der Waals surface area contributed by atoms with Crippen molar-refractivity contribution in [2.45, 2.75) is 19.8 Å². The number of alkyl halides is 3. The van der Waals surface area contributed by atoms with Crippen molar-refractivity contribution >= 4 is 17.0 Å². The van der Waals surface area contributed by atoms with Crippen LogP contribution in [-0.4, -0.2) is 11.3 Å². The summed E-state index contributed by atoms with van der Waals surface area (Å²) < 4.78 is 40.3. The predicted octanol–water partition coefficient (Wildman–Crippen LogP) is 5.63. The number of nitrogens with one attached hydrogen (secondary N) is 1. The lowest BCUT2D eigenvalue weighted by Crippen LogP contribution is -2.17. The van der Waals surface area contributed by atoms with E-state index in [0.717, 1.165) is 21.7 Å². The van der Waals surface area contributed by atoms with E-state index in [2.05, 4.69) is 21.1 Å². The van der Waals surface area contributed by atoms with Crippen LogP contribution in [0.4, 0.5) is 18.9 Å². The third-order valence-electron chi connectivity index (χ3n) is 3.58. The topological polar surface area (TPSA) is 34.1 Å². The van der Waals surface area contributed by atoms with Gasteiger partial charge in [0, 0.05) is 18.4 Å². The Morgan fingerprint density at radius 1 is 1.12 bits per heavy atom. The Balaban J connectivity index is 1.67. The monoisotopic (exact) mass is 364 g/mol. The average molecular weight is 364 g/mol. The van der Waals surface area contributed by atoms with Gasteiger partial charge in [0.1, 0.15) is 5.75 Å². The fraction of sp³-hybridized carbons (Fsp3) is 0.167. The predicted molar refractivity (Wildman–Crippen MR) is 92.7 cm³/mol. The summed E-state index contributed by atoms with van der Waals surface area (Å²) in [6.45, 7) is 2.61. The molecule has 7 heteroatoms. The summed E-state index contributed by atoms with van der Waals surface area (Å²) in [5.74, 6) is -0.235. The molecular weight excluding hydrogens is 349 g/mol. The van der Waals surface area contributed by atoms with Gasteiger partial charge in [-0.1, -0.05) is 12.1 Å². The van der Waals surface area contributed by atoms with Crippen molar-refractivity contribution in [1.29, 1.82) is 0 Å². The quantitative estimate of drug-likeness (QED) is 0.637. The minimum Gasteiger partial charge on any atom is -0.406 e. The van der Waals surface area contributed by atoms with E-state index in [4.69, 9.17) is 0 Å². The second-order valence-electron chi connectivity index (χ2n) is 5.44. The van der Waals surface area contributed by atoms with Crippen LogP contribution in [0.25, 0.3) is 10.4 Å². The molecule has 0 bridgehead atoms. The molecule has 1 N–H and O–H groups in total. The first-order chi connectivity index (χ1) is 11.9. The van der Waals surface area contributed by atoms with Crippen LogP contribution in [-0.2, 0) is 6.54 Å². The Hall–Kier alpha value is -2.54. The van der Waals surface area contributed by atoms with Gasteiger partial charge in [0.2, 0.25) is 0 Å². The highest BCUT2D eigenvalue weighted by Gasteiger charge is 2.30. The number of nitrogens with zero attached hydrogens (tertiary/aromatic N) is 1. The highest BCUT2D eigenvalue weighted by molar-refractivity contribution is 7.13. The summed E-state index contributed by atoms with van der Waals surface area (Å²) in [5.41, 5.74) is 5.89. The van der Waals surface area contributed by atoms with Gasteiger partial charge in [-0.3, -0.25) is 4.98 Å². The van der Waals surface area contributed by atoms with Gasteiger partial charge in [-0.15, -0.1) is 24.5 Å². The molecule has 3 rings (SSSR count). The molecule has 0 aliphatic rings. The van der Waals surface area contributed by atoms with Crippen LogP contribution in [0.1, 0.15) is 11.1 Å². The third kappa shape index (κ3) is 4.73. The van der Waals surface area contributed by atoms with Crippen molar-refractivity contribution in [2.24, 2.45) is 0 Å². The maximum atomic E-state index is 12.2. The molecule has 0 aliphatic heterocycles. The maximum Gasteiger partial charge on any atom is 0.573 e. The Morgan fingerprint density at radius 3 is 2.52 bits per heavy atom. The number of thiazole rings is 1. The number of ether oxygens (including phenoxy) is 1. The highest BCUT2D eigenvalue weighted by atomic mass is 32.1. The molecule has 1 heterocycles. The lowest BCUT2D eigenvalue weighted by Gasteiger charge is -2.11. The number of aryl methyl sites for hydroxylation is 1. The smallest absolute Gasteiger partial charge is 0.406 e. The molecular formula is C18H15F3N2OS. The van der Waals surface area contributed by atoms with E-state index >= 15 is 0 Å². The molecule has 1 aromatic heterocycles. The van der Waals surface area contributed by atoms with Crippen molar-refractivity contribution in [3.05, 3.63) is 65.3 Å². The zero-order valence-corrected chi connectivity index (χ0v) is 14.1. The van der Waals surface area contributed by atoms with E-state index < -0.39 is 6.36 Å². The molecule has 3 nitrogen and oxygen atoms in total. The third-order valence-corrected chi connectivity index (χ3v) is 4.39. The molecule has 0 spiro atoms. The van der Waals surface area contributed by atoms with Crippen molar-refractivity contribution < 1.29 is 17.9 Å². The highest BCUT2D eigenvalue weighted by Crippen LogP contribution is 2.28. The van der Waals surface area contributed by atoms with Gasteiger partial charge in [0.15, 0.2) is 0 Å². The van der Waals surface area contributed by atoms with Crippen LogP contribution >= 0.6 is 11.3 Å². The first-order valence-electron chi connectivity index (χ1n) is 7.49. The first kappa shape index (κ1) is 17.3. The molecule has 2 aromatic carbocycles. The Bertz CT molecular complexity index is 831. The lowest BCUT2D eigenvalue weighted by atomic mass is 10.0. The lowest BCUT2D eigenvalue weighted by molar-refractivity contribution is -0.274. The fourth-order valence-electron chi connectivity index (χ4n) is 2.37. The van der Waals surface area contributed by atoms with Crippen LogP contribution in [0.3, 0.4) is 0 Å². The molecule has 0 amide bonds. The molecule has 3 aromatic rings. The molecule has 0 saturated carbocycles. The average Bonchev–Trinajstić information content (AvgIpc) is 3.08. The number of anilines is 1. The summed E-state index contributed by atoms with van der Waals surface area (Å²) in [7, 11) is 0. The summed E-state index contributed by atoms with van der Waals surface area (Å²) in [6.07, 6.45) is -2.84. The minimum atomic E-state index is -4.68. The second kappa shape index (κ2) is 7.14. The molecule has 0 unspecified atom stereocenters. The molecule has 0 radical (unpaired) electrons. The number of rotatable bonds is 5. The van der Waals surface area contributed by atoms with Crippen molar-refractivity contribution in [3.63, 3.8) is 0 Å². The van der Waals surface area contributed by atoms with Crippen LogP contribution in [0.5, 0.6) is 5.75 Å². The van der Waals surface area contributed by atoms with E-state index in [1.54, 1.807) is 29.0 Å². The minimum absolute atomic E-state index is 0.235. The van der Waals surface area contributed by atoms with E-state index in [9.17, 15) is 13.2 Å². The first-order valence-corrected chi connectivity index (χ1v) is 8.37. The standard InChI is InChI=1S/C18H15F3N2OS/c1-12-2-3-13(8-16(12)17-10-22-11-25-17)9-23-14-4-6-15(7-5-14)24-18(19,20)21/h2-8,10-11,23H,9H2,1H3. The zero-order chi connectivity index (χ0) is 17.9. The van der Waals surface area contributed by atoms with Gasteiger partial charge >= 0.3 is 6.36 Å². The number of aromatic nitrogens is 1. The van der Waals surface area contributed by atoms with Crippen LogP contribution < -0.4 is 10.1 Å². The van der Waals surface area contributed by atoms with Crippen LogP contribution in [0.15, 0.2) is 54.2 Å². The van der Waals surface area contributed by atoms with Crippen LogP contribution in [0, 0.1) is 6.92 Å². The van der Waals surface area contributed by atoms with Crippen molar-refractivity contribution in [1.82, 2.24) is 4.98 Å². The molecule has 0 fully saturated rings. The number of halogens is 3. The molecule has 130 valence electrons. The summed E-state index contributed by atoms with van der Waals surface area (Å²) in [6, 6.07) is 11.8. The SMILES string of the molecule is Cc1ccc(CNc2ccc(OC(F)(F)F)cc2)cc1-c1cncs1. The van der Waals surface area contributed by atoms with Crippen molar-refractivity contribution in [3.8, 4) is 16.2 Å². The Labute approximate surface area is 147 Å². The second-order valence-corrected chi connectivity index (χ2v) is 6.33. The normalized spacial score (nSPS) is 11.4.